The van der Waals surface area contributed by atoms with Crippen LogP contribution in [0, 0.1) is 0 Å². The van der Waals surface area contributed by atoms with Crippen molar-refractivity contribution in [3.8, 4) is 10.6 Å². The second-order valence-electron chi connectivity index (χ2n) is 6.22. The third kappa shape index (κ3) is 3.57. The smallest absolute Gasteiger partial charge is 0.307 e. The SMILES string of the molecule is O=C(CCN1C(=O)c2ccccc2C1=O)OCc1cnc(-c2ccccc2)s1. The quantitative estimate of drug-likeness (QED) is 0.474. The monoisotopic (exact) mass is 392 g/mol. The molecule has 1 aliphatic heterocycles. The van der Waals surface area contributed by atoms with Crippen LogP contribution in [0.15, 0.2) is 60.8 Å². The number of fused-ring (bicyclic) bond motifs is 1. The van der Waals surface area contributed by atoms with Gasteiger partial charge >= 0.3 is 5.97 Å². The van der Waals surface area contributed by atoms with Crippen LogP contribution in [0.4, 0.5) is 0 Å². The number of hydrogen-bond donors (Lipinski definition) is 0. The molecular formula is C21H16N2O4S. The summed E-state index contributed by atoms with van der Waals surface area (Å²) in [6.07, 6.45) is 1.64. The average Bonchev–Trinajstić information content (AvgIpc) is 3.30. The Bertz CT molecular complexity index is 1010. The molecule has 0 N–H and O–H groups in total. The summed E-state index contributed by atoms with van der Waals surface area (Å²) in [6, 6.07) is 16.4. The lowest BCUT2D eigenvalue weighted by Gasteiger charge is -2.12. The standard InChI is InChI=1S/C21H16N2O4S/c24-18(10-11-23-20(25)16-8-4-5-9-17(16)21(23)26)27-13-15-12-22-19(28-15)14-6-2-1-3-7-14/h1-9,12H,10-11,13H2. The molecule has 140 valence electrons. The van der Waals surface area contributed by atoms with Gasteiger partial charge in [0.25, 0.3) is 11.8 Å². The number of carbonyl (C=O) groups is 3. The number of amides is 2. The molecule has 0 aliphatic carbocycles. The molecule has 0 fully saturated rings. The summed E-state index contributed by atoms with van der Waals surface area (Å²) in [4.78, 5) is 42.9. The molecule has 0 unspecified atom stereocenters. The van der Waals surface area contributed by atoms with Crippen LogP contribution in [-0.4, -0.2) is 34.2 Å². The minimum Gasteiger partial charge on any atom is -0.460 e. The predicted molar refractivity (Wildman–Crippen MR) is 104 cm³/mol. The van der Waals surface area contributed by atoms with Gasteiger partial charge in [-0.05, 0) is 12.1 Å². The van der Waals surface area contributed by atoms with E-state index < -0.39 is 5.97 Å². The van der Waals surface area contributed by atoms with Crippen LogP contribution in [0.3, 0.4) is 0 Å². The fourth-order valence-electron chi connectivity index (χ4n) is 2.96. The molecular weight excluding hydrogens is 376 g/mol. The Morgan fingerprint density at radius 3 is 2.29 bits per heavy atom. The summed E-state index contributed by atoms with van der Waals surface area (Å²) in [6.45, 7) is 0.120. The molecule has 0 atom stereocenters. The molecule has 0 saturated carbocycles. The zero-order chi connectivity index (χ0) is 19.5. The summed E-state index contributed by atoms with van der Waals surface area (Å²) in [5.41, 5.74) is 1.76. The van der Waals surface area contributed by atoms with E-state index in [2.05, 4.69) is 4.98 Å². The van der Waals surface area contributed by atoms with Crippen molar-refractivity contribution in [3.63, 3.8) is 0 Å². The molecule has 1 aromatic heterocycles. The second kappa shape index (κ2) is 7.74. The van der Waals surface area contributed by atoms with Crippen molar-refractivity contribution < 1.29 is 19.1 Å². The van der Waals surface area contributed by atoms with Gasteiger partial charge in [-0.15, -0.1) is 11.3 Å². The van der Waals surface area contributed by atoms with Gasteiger partial charge in [0.05, 0.1) is 22.4 Å². The molecule has 1 aliphatic rings. The molecule has 0 spiro atoms. The van der Waals surface area contributed by atoms with Gasteiger partial charge in [0.2, 0.25) is 0 Å². The van der Waals surface area contributed by atoms with Crippen molar-refractivity contribution in [2.45, 2.75) is 13.0 Å². The van der Waals surface area contributed by atoms with Crippen molar-refractivity contribution in [3.05, 3.63) is 76.8 Å². The normalized spacial score (nSPS) is 12.9. The summed E-state index contributed by atoms with van der Waals surface area (Å²) in [5, 5.41) is 0.859. The van der Waals surface area contributed by atoms with Crippen molar-refractivity contribution in [1.82, 2.24) is 9.88 Å². The highest BCUT2D eigenvalue weighted by atomic mass is 32.1. The van der Waals surface area contributed by atoms with E-state index in [0.717, 1.165) is 20.3 Å². The van der Waals surface area contributed by atoms with Crippen molar-refractivity contribution in [2.24, 2.45) is 0 Å². The number of rotatable bonds is 6. The zero-order valence-corrected chi connectivity index (χ0v) is 15.6. The molecule has 0 radical (unpaired) electrons. The van der Waals surface area contributed by atoms with Crippen molar-refractivity contribution in [1.29, 1.82) is 0 Å². The number of hydrogen-bond acceptors (Lipinski definition) is 6. The highest BCUT2D eigenvalue weighted by molar-refractivity contribution is 7.15. The first-order chi connectivity index (χ1) is 13.6. The molecule has 3 aromatic rings. The lowest BCUT2D eigenvalue weighted by molar-refractivity contribution is -0.144. The van der Waals surface area contributed by atoms with E-state index in [1.54, 1.807) is 30.5 Å². The topological polar surface area (TPSA) is 76.6 Å². The number of aromatic nitrogens is 1. The summed E-state index contributed by atoms with van der Waals surface area (Å²) < 4.78 is 5.27. The van der Waals surface area contributed by atoms with E-state index >= 15 is 0 Å². The fraction of sp³-hybridized carbons (Fsp3) is 0.143. The number of benzene rings is 2. The van der Waals surface area contributed by atoms with Crippen LogP contribution in [0.5, 0.6) is 0 Å². The number of imide groups is 1. The first-order valence-corrected chi connectivity index (χ1v) is 9.56. The van der Waals surface area contributed by atoms with Gasteiger partial charge in [-0.2, -0.15) is 0 Å². The highest BCUT2D eigenvalue weighted by Crippen LogP contribution is 2.25. The van der Waals surface area contributed by atoms with Gasteiger partial charge in [-0.3, -0.25) is 19.3 Å². The van der Waals surface area contributed by atoms with Gasteiger partial charge in [-0.25, -0.2) is 4.98 Å². The lowest BCUT2D eigenvalue weighted by Crippen LogP contribution is -2.32. The maximum absolute atomic E-state index is 12.3. The number of esters is 1. The van der Waals surface area contributed by atoms with Crippen LogP contribution in [0.2, 0.25) is 0 Å². The van der Waals surface area contributed by atoms with E-state index in [4.69, 9.17) is 4.74 Å². The lowest BCUT2D eigenvalue weighted by atomic mass is 10.1. The summed E-state index contributed by atoms with van der Waals surface area (Å²) in [7, 11) is 0. The second-order valence-corrected chi connectivity index (χ2v) is 7.33. The van der Waals surface area contributed by atoms with Crippen LogP contribution in [-0.2, 0) is 16.1 Å². The zero-order valence-electron chi connectivity index (χ0n) is 14.8. The Balaban J connectivity index is 1.30. The van der Waals surface area contributed by atoms with E-state index in [1.807, 2.05) is 30.3 Å². The Morgan fingerprint density at radius 1 is 0.964 bits per heavy atom. The van der Waals surface area contributed by atoms with Gasteiger partial charge in [0.15, 0.2) is 0 Å². The van der Waals surface area contributed by atoms with Crippen LogP contribution < -0.4 is 0 Å². The number of nitrogens with zero attached hydrogens (tertiary/aromatic N) is 2. The maximum atomic E-state index is 12.3. The Labute approximate surface area is 165 Å². The van der Waals surface area contributed by atoms with Crippen molar-refractivity contribution in [2.75, 3.05) is 6.54 Å². The third-order valence-corrected chi connectivity index (χ3v) is 5.39. The van der Waals surface area contributed by atoms with Gasteiger partial charge in [-0.1, -0.05) is 42.5 Å². The van der Waals surface area contributed by atoms with E-state index in [-0.39, 0.29) is 31.4 Å². The minimum atomic E-state index is -0.466. The van der Waals surface area contributed by atoms with E-state index in [0.29, 0.717) is 11.1 Å². The third-order valence-electron chi connectivity index (χ3n) is 4.37. The minimum absolute atomic E-state index is 0.00311. The molecule has 28 heavy (non-hydrogen) atoms. The van der Waals surface area contributed by atoms with Gasteiger partial charge < -0.3 is 4.74 Å². The Morgan fingerprint density at radius 2 is 1.61 bits per heavy atom. The highest BCUT2D eigenvalue weighted by Gasteiger charge is 2.35. The Hall–Kier alpha value is -3.32. The molecule has 2 amide bonds. The first-order valence-electron chi connectivity index (χ1n) is 8.74. The largest absolute Gasteiger partial charge is 0.460 e. The number of ether oxygens (including phenoxy) is 1. The first kappa shape index (κ1) is 18.1. The molecule has 6 nitrogen and oxygen atoms in total. The predicted octanol–water partition coefficient (Wildman–Crippen LogP) is 3.54. The van der Waals surface area contributed by atoms with Gasteiger partial charge in [0.1, 0.15) is 11.6 Å². The summed E-state index contributed by atoms with van der Waals surface area (Å²) >= 11 is 1.46. The van der Waals surface area contributed by atoms with Crippen LogP contribution in [0.25, 0.3) is 10.6 Å². The summed E-state index contributed by atoms with van der Waals surface area (Å²) in [5.74, 6) is -1.21. The Kier molecular flexibility index (Phi) is 4.99. The van der Waals surface area contributed by atoms with Gasteiger partial charge in [0, 0.05) is 18.3 Å². The van der Waals surface area contributed by atoms with Crippen LogP contribution >= 0.6 is 11.3 Å². The number of carbonyl (C=O) groups excluding carboxylic acids is 3. The number of thiazole rings is 1. The van der Waals surface area contributed by atoms with Crippen LogP contribution in [0.1, 0.15) is 32.0 Å². The fourth-order valence-corrected chi connectivity index (χ4v) is 3.79. The molecule has 4 rings (SSSR count). The van der Waals surface area contributed by atoms with Crippen molar-refractivity contribution >= 4 is 29.1 Å². The molecule has 2 aromatic carbocycles. The molecule has 2 heterocycles. The molecule has 0 bridgehead atoms. The van der Waals surface area contributed by atoms with E-state index in [9.17, 15) is 14.4 Å². The molecule has 7 heteroatoms. The molecule has 0 saturated heterocycles. The maximum Gasteiger partial charge on any atom is 0.307 e. The average molecular weight is 392 g/mol. The van der Waals surface area contributed by atoms with E-state index in [1.165, 1.54) is 11.3 Å².